The zero-order valence-corrected chi connectivity index (χ0v) is 19.1. The fourth-order valence-electron chi connectivity index (χ4n) is 2.60. The highest BCUT2D eigenvalue weighted by atomic mass is 35.5. The quantitative estimate of drug-likeness (QED) is 0.368. The maximum absolute atomic E-state index is 12.7. The summed E-state index contributed by atoms with van der Waals surface area (Å²) < 4.78 is 70.3. The summed E-state index contributed by atoms with van der Waals surface area (Å²) in [5.74, 6) is -0.248. The fraction of sp³-hybridized carbons (Fsp3) is 0.200. The van der Waals surface area contributed by atoms with E-state index in [1.807, 2.05) is 0 Å². The molecule has 2 aromatic carbocycles. The molecule has 1 amide bonds. The molecule has 0 saturated carbocycles. The van der Waals surface area contributed by atoms with E-state index in [2.05, 4.69) is 15.0 Å². The zero-order chi connectivity index (χ0) is 24.1. The van der Waals surface area contributed by atoms with Crippen molar-refractivity contribution in [1.82, 2.24) is 4.98 Å². The van der Waals surface area contributed by atoms with Crippen LogP contribution in [0.3, 0.4) is 0 Å². The van der Waals surface area contributed by atoms with Crippen molar-refractivity contribution in [3.8, 4) is 5.75 Å². The molecule has 0 unspecified atom stereocenters. The Labute approximate surface area is 196 Å². The number of amides is 1. The molecule has 0 aliphatic heterocycles. The zero-order valence-electron chi connectivity index (χ0n) is 16.7. The van der Waals surface area contributed by atoms with E-state index >= 15 is 0 Å². The SMILES string of the molecule is O=C(CCCOc1ccc(C(F)(F)F)cc1Cl)Nc1ccc(S(=O)(=O)Nc2nccs2)cc1. The van der Waals surface area contributed by atoms with E-state index in [1.165, 1.54) is 30.5 Å². The van der Waals surface area contributed by atoms with Gasteiger partial charge in [-0.3, -0.25) is 9.52 Å². The van der Waals surface area contributed by atoms with Crippen LogP contribution < -0.4 is 14.8 Å². The summed E-state index contributed by atoms with van der Waals surface area (Å²) in [6.07, 6.45) is -2.66. The molecule has 1 heterocycles. The first-order valence-corrected chi connectivity index (χ1v) is 12.1. The lowest BCUT2D eigenvalue weighted by Crippen LogP contribution is -2.14. The third-order valence-electron chi connectivity index (χ3n) is 4.17. The smallest absolute Gasteiger partial charge is 0.416 e. The van der Waals surface area contributed by atoms with E-state index in [1.54, 1.807) is 5.38 Å². The molecular formula is C20H17ClF3N3O4S2. The summed E-state index contributed by atoms with van der Waals surface area (Å²) in [6.45, 7) is 0.0676. The molecule has 3 rings (SSSR count). The molecule has 33 heavy (non-hydrogen) atoms. The maximum atomic E-state index is 12.7. The van der Waals surface area contributed by atoms with Crippen LogP contribution in [0.1, 0.15) is 18.4 Å². The lowest BCUT2D eigenvalue weighted by atomic mass is 10.2. The summed E-state index contributed by atoms with van der Waals surface area (Å²) in [5.41, 5.74) is -0.475. The van der Waals surface area contributed by atoms with Gasteiger partial charge in [0.05, 0.1) is 22.1 Å². The van der Waals surface area contributed by atoms with Gasteiger partial charge in [0.2, 0.25) is 5.91 Å². The van der Waals surface area contributed by atoms with Crippen LogP contribution in [0.2, 0.25) is 5.02 Å². The number of carbonyl (C=O) groups excluding carboxylic acids is 1. The fourth-order valence-corrected chi connectivity index (χ4v) is 4.62. The van der Waals surface area contributed by atoms with Gasteiger partial charge in [0.25, 0.3) is 10.0 Å². The van der Waals surface area contributed by atoms with Crippen LogP contribution in [0.4, 0.5) is 24.0 Å². The number of nitrogens with one attached hydrogen (secondary N) is 2. The Morgan fingerprint density at radius 2 is 1.88 bits per heavy atom. The molecule has 13 heteroatoms. The van der Waals surface area contributed by atoms with Crippen LogP contribution in [0.25, 0.3) is 0 Å². The van der Waals surface area contributed by atoms with E-state index in [9.17, 15) is 26.4 Å². The molecule has 1 aromatic heterocycles. The second-order valence-corrected chi connectivity index (χ2v) is 9.59. The average molecular weight is 520 g/mol. The first-order valence-electron chi connectivity index (χ1n) is 9.36. The minimum absolute atomic E-state index is 0.0116. The predicted molar refractivity (Wildman–Crippen MR) is 119 cm³/mol. The lowest BCUT2D eigenvalue weighted by molar-refractivity contribution is -0.137. The van der Waals surface area contributed by atoms with Crippen molar-refractivity contribution in [2.75, 3.05) is 16.6 Å². The molecule has 0 atom stereocenters. The van der Waals surface area contributed by atoms with Gasteiger partial charge in [-0.25, -0.2) is 13.4 Å². The molecule has 0 radical (unpaired) electrons. The highest BCUT2D eigenvalue weighted by Gasteiger charge is 2.31. The first kappa shape index (κ1) is 24.8. The van der Waals surface area contributed by atoms with Crippen molar-refractivity contribution in [2.45, 2.75) is 23.9 Å². The second kappa shape index (κ2) is 10.4. The Kier molecular flexibility index (Phi) is 7.82. The minimum Gasteiger partial charge on any atom is -0.492 e. The number of alkyl halides is 3. The van der Waals surface area contributed by atoms with Crippen LogP contribution in [0.5, 0.6) is 5.75 Å². The maximum Gasteiger partial charge on any atom is 0.416 e. The molecule has 0 aliphatic rings. The molecule has 0 spiro atoms. The van der Waals surface area contributed by atoms with Crippen molar-refractivity contribution < 1.29 is 31.1 Å². The minimum atomic E-state index is -4.50. The Morgan fingerprint density at radius 1 is 1.15 bits per heavy atom. The normalized spacial score (nSPS) is 11.8. The summed E-state index contributed by atoms with van der Waals surface area (Å²) in [6, 6.07) is 8.37. The van der Waals surface area contributed by atoms with Crippen molar-refractivity contribution in [1.29, 1.82) is 0 Å². The van der Waals surface area contributed by atoms with Gasteiger partial charge in [0.1, 0.15) is 5.75 Å². The molecule has 0 bridgehead atoms. The lowest BCUT2D eigenvalue weighted by Gasteiger charge is -2.11. The van der Waals surface area contributed by atoms with Crippen LogP contribution in [0.15, 0.2) is 58.9 Å². The van der Waals surface area contributed by atoms with Gasteiger partial charge in [0.15, 0.2) is 5.13 Å². The highest BCUT2D eigenvalue weighted by Crippen LogP contribution is 2.34. The van der Waals surface area contributed by atoms with Crippen LogP contribution >= 0.6 is 22.9 Å². The number of hydrogen-bond donors (Lipinski definition) is 2. The Hall–Kier alpha value is -2.83. The van der Waals surface area contributed by atoms with Crippen LogP contribution in [-0.2, 0) is 21.0 Å². The van der Waals surface area contributed by atoms with E-state index < -0.39 is 21.8 Å². The Balaban J connectivity index is 1.45. The van der Waals surface area contributed by atoms with Gasteiger partial charge in [0, 0.05) is 23.7 Å². The van der Waals surface area contributed by atoms with E-state index in [-0.39, 0.29) is 46.2 Å². The number of benzene rings is 2. The second-order valence-electron chi connectivity index (χ2n) is 6.61. The summed E-state index contributed by atoms with van der Waals surface area (Å²) in [5, 5.41) is 4.34. The number of hydrogen-bond acceptors (Lipinski definition) is 6. The molecule has 0 aliphatic carbocycles. The number of carbonyl (C=O) groups is 1. The van der Waals surface area contributed by atoms with Crippen LogP contribution in [-0.4, -0.2) is 25.9 Å². The number of halogens is 4. The van der Waals surface area contributed by atoms with Crippen molar-refractivity contribution in [2.24, 2.45) is 0 Å². The van der Waals surface area contributed by atoms with Crippen LogP contribution in [0, 0.1) is 0 Å². The standard InChI is InChI=1S/C20H17ClF3N3O4S2/c21-16-12-13(20(22,23)24)3-8-17(16)31-10-1-2-18(28)26-14-4-6-15(7-5-14)33(29,30)27-19-25-9-11-32-19/h3-9,11-12H,1-2,10H2,(H,25,27)(H,26,28). The number of ether oxygens (including phenoxy) is 1. The summed E-state index contributed by atoms with van der Waals surface area (Å²) >= 11 is 6.96. The molecule has 7 nitrogen and oxygen atoms in total. The Bertz CT molecular complexity index is 1200. The van der Waals surface area contributed by atoms with Gasteiger partial charge in [-0.2, -0.15) is 13.2 Å². The highest BCUT2D eigenvalue weighted by molar-refractivity contribution is 7.93. The molecule has 0 saturated heterocycles. The molecule has 3 aromatic rings. The van der Waals surface area contributed by atoms with Gasteiger partial charge in [-0.05, 0) is 48.9 Å². The average Bonchev–Trinajstić information content (AvgIpc) is 3.24. The number of anilines is 2. The van der Waals surface area contributed by atoms with E-state index in [4.69, 9.17) is 16.3 Å². The molecule has 0 fully saturated rings. The molecular weight excluding hydrogens is 503 g/mol. The monoisotopic (exact) mass is 519 g/mol. The van der Waals surface area contributed by atoms with Crippen molar-refractivity contribution in [3.05, 3.63) is 64.6 Å². The van der Waals surface area contributed by atoms with Gasteiger partial charge >= 0.3 is 6.18 Å². The van der Waals surface area contributed by atoms with Gasteiger partial charge in [-0.15, -0.1) is 11.3 Å². The van der Waals surface area contributed by atoms with E-state index in [0.29, 0.717) is 5.69 Å². The summed E-state index contributed by atoms with van der Waals surface area (Å²) in [4.78, 5) is 16.0. The molecule has 176 valence electrons. The molecule has 2 N–H and O–H groups in total. The third-order valence-corrected chi connectivity index (χ3v) is 6.64. The van der Waals surface area contributed by atoms with Gasteiger partial charge < -0.3 is 10.1 Å². The van der Waals surface area contributed by atoms with E-state index in [0.717, 1.165) is 29.5 Å². The topological polar surface area (TPSA) is 97.4 Å². The third kappa shape index (κ3) is 7.07. The van der Waals surface area contributed by atoms with Crippen molar-refractivity contribution in [3.63, 3.8) is 0 Å². The predicted octanol–water partition coefficient (Wildman–Crippen LogP) is 5.41. The van der Waals surface area contributed by atoms with Gasteiger partial charge in [-0.1, -0.05) is 11.6 Å². The Morgan fingerprint density at radius 3 is 2.48 bits per heavy atom. The number of rotatable bonds is 9. The number of aromatic nitrogens is 1. The first-order chi connectivity index (χ1) is 15.5. The number of sulfonamides is 1. The van der Waals surface area contributed by atoms with Crippen molar-refractivity contribution >= 4 is 49.7 Å². The number of thiazole rings is 1. The number of nitrogens with zero attached hydrogens (tertiary/aromatic N) is 1. The largest absolute Gasteiger partial charge is 0.492 e. The summed E-state index contributed by atoms with van der Waals surface area (Å²) in [7, 11) is -3.79.